The summed E-state index contributed by atoms with van der Waals surface area (Å²) in [5.74, 6) is -2.53. The van der Waals surface area contributed by atoms with Crippen molar-refractivity contribution < 1.29 is 23.9 Å². The van der Waals surface area contributed by atoms with Crippen LogP contribution in [0.2, 0.25) is 10.0 Å². The number of esters is 1. The fraction of sp³-hybridized carbons (Fsp3) is 0.273. The Morgan fingerprint density at radius 1 is 1.06 bits per heavy atom. The number of nitrogens with zero attached hydrogens (tertiary/aromatic N) is 1. The van der Waals surface area contributed by atoms with E-state index in [-0.39, 0.29) is 22.6 Å². The number of halogens is 2. The molecule has 3 amide bonds. The molecule has 31 heavy (non-hydrogen) atoms. The fourth-order valence-corrected chi connectivity index (χ4v) is 3.71. The van der Waals surface area contributed by atoms with Gasteiger partial charge in [-0.15, -0.1) is 0 Å². The molecular weight excluding hydrogens is 443 g/mol. The van der Waals surface area contributed by atoms with Gasteiger partial charge in [0, 0.05) is 5.02 Å². The van der Waals surface area contributed by atoms with Gasteiger partial charge >= 0.3 is 5.97 Å². The third-order valence-electron chi connectivity index (χ3n) is 4.79. The number of rotatable bonds is 8. The van der Waals surface area contributed by atoms with Crippen molar-refractivity contribution in [2.45, 2.75) is 32.2 Å². The van der Waals surface area contributed by atoms with Crippen molar-refractivity contribution in [3.63, 3.8) is 0 Å². The number of unbranched alkanes of at least 4 members (excludes halogenated alkanes) is 1. The number of anilines is 1. The summed E-state index contributed by atoms with van der Waals surface area (Å²) >= 11 is 11.8. The highest BCUT2D eigenvalue weighted by atomic mass is 35.5. The molecule has 2 aromatic rings. The molecule has 0 saturated carbocycles. The number of nitrogens with one attached hydrogen (secondary N) is 1. The fourth-order valence-electron chi connectivity index (χ4n) is 3.25. The Morgan fingerprint density at radius 3 is 2.29 bits per heavy atom. The minimum atomic E-state index is -1.11. The highest BCUT2D eigenvalue weighted by Crippen LogP contribution is 2.27. The first kappa shape index (κ1) is 22.8. The molecule has 0 radical (unpaired) electrons. The Kier molecular flexibility index (Phi) is 7.30. The van der Waals surface area contributed by atoms with Gasteiger partial charge in [-0.1, -0.05) is 55.1 Å². The van der Waals surface area contributed by atoms with Gasteiger partial charge in [0.1, 0.15) is 6.04 Å². The lowest BCUT2D eigenvalue weighted by Crippen LogP contribution is -2.46. The first-order chi connectivity index (χ1) is 14.8. The predicted molar refractivity (Wildman–Crippen MR) is 116 cm³/mol. The second-order valence-electron chi connectivity index (χ2n) is 6.96. The van der Waals surface area contributed by atoms with E-state index >= 15 is 0 Å². The van der Waals surface area contributed by atoms with Gasteiger partial charge in [0.2, 0.25) is 0 Å². The van der Waals surface area contributed by atoms with Crippen molar-refractivity contribution in [3.8, 4) is 0 Å². The summed E-state index contributed by atoms with van der Waals surface area (Å²) in [6.07, 6.45) is 1.59. The first-order valence-corrected chi connectivity index (χ1v) is 10.5. The Morgan fingerprint density at radius 2 is 1.71 bits per heavy atom. The topological polar surface area (TPSA) is 92.8 Å². The van der Waals surface area contributed by atoms with E-state index in [0.29, 0.717) is 17.1 Å². The van der Waals surface area contributed by atoms with Crippen LogP contribution in [0.3, 0.4) is 0 Å². The Labute approximate surface area is 189 Å². The molecule has 3 rings (SSSR count). The molecule has 0 aliphatic carbocycles. The van der Waals surface area contributed by atoms with Crippen molar-refractivity contribution in [2.24, 2.45) is 0 Å². The molecule has 0 spiro atoms. The Bertz CT molecular complexity index is 1010. The maximum Gasteiger partial charge on any atom is 0.329 e. The molecule has 0 aromatic heterocycles. The second kappa shape index (κ2) is 9.94. The van der Waals surface area contributed by atoms with Gasteiger partial charge in [0.15, 0.2) is 6.61 Å². The SMILES string of the molecule is CCCC[C@H](C(=O)OCC(=O)Nc1ccc(Cl)cc1Cl)N1C(=O)c2ccccc2C1=O. The highest BCUT2D eigenvalue weighted by Gasteiger charge is 2.43. The molecule has 9 heteroatoms. The molecule has 0 unspecified atom stereocenters. The number of benzene rings is 2. The van der Waals surface area contributed by atoms with Crippen LogP contribution in [-0.2, 0) is 14.3 Å². The van der Waals surface area contributed by atoms with Crippen LogP contribution in [0.1, 0.15) is 46.9 Å². The first-order valence-electron chi connectivity index (χ1n) is 9.72. The molecule has 0 fully saturated rings. The summed E-state index contributed by atoms with van der Waals surface area (Å²) in [7, 11) is 0. The third kappa shape index (κ3) is 5.06. The molecule has 1 aliphatic heterocycles. The number of amides is 3. The van der Waals surface area contributed by atoms with Crippen molar-refractivity contribution in [3.05, 3.63) is 63.6 Å². The van der Waals surface area contributed by atoms with Crippen LogP contribution in [0.15, 0.2) is 42.5 Å². The number of carbonyl (C=O) groups is 4. The van der Waals surface area contributed by atoms with Crippen LogP contribution in [0.4, 0.5) is 5.69 Å². The van der Waals surface area contributed by atoms with Gasteiger partial charge in [-0.2, -0.15) is 0 Å². The molecule has 0 saturated heterocycles. The Balaban J connectivity index is 1.68. The molecule has 1 N–H and O–H groups in total. The van der Waals surface area contributed by atoms with E-state index in [1.54, 1.807) is 30.3 Å². The summed E-state index contributed by atoms with van der Waals surface area (Å²) in [4.78, 5) is 51.4. The van der Waals surface area contributed by atoms with E-state index in [1.165, 1.54) is 12.1 Å². The van der Waals surface area contributed by atoms with Crippen LogP contribution < -0.4 is 5.32 Å². The summed E-state index contributed by atoms with van der Waals surface area (Å²) < 4.78 is 5.14. The predicted octanol–water partition coefficient (Wildman–Crippen LogP) is 4.33. The van der Waals surface area contributed by atoms with Crippen molar-refractivity contribution >= 4 is 52.6 Å². The molecule has 162 valence electrons. The molecule has 0 bridgehead atoms. The minimum absolute atomic E-state index is 0.235. The average Bonchev–Trinajstić information content (AvgIpc) is 3.00. The maximum atomic E-state index is 12.8. The highest BCUT2D eigenvalue weighted by molar-refractivity contribution is 6.36. The smallest absolute Gasteiger partial charge is 0.329 e. The van der Waals surface area contributed by atoms with Gasteiger partial charge < -0.3 is 10.1 Å². The maximum absolute atomic E-state index is 12.8. The molecule has 1 aliphatic rings. The third-order valence-corrected chi connectivity index (χ3v) is 5.34. The second-order valence-corrected chi connectivity index (χ2v) is 7.81. The zero-order chi connectivity index (χ0) is 22.5. The van der Waals surface area contributed by atoms with Crippen LogP contribution in [0.25, 0.3) is 0 Å². The van der Waals surface area contributed by atoms with E-state index in [4.69, 9.17) is 27.9 Å². The lowest BCUT2D eigenvalue weighted by molar-refractivity contribution is -0.151. The summed E-state index contributed by atoms with van der Waals surface area (Å²) in [6.45, 7) is 1.33. The van der Waals surface area contributed by atoms with Crippen molar-refractivity contribution in [2.75, 3.05) is 11.9 Å². The normalized spacial score (nSPS) is 13.7. The lowest BCUT2D eigenvalue weighted by atomic mass is 10.1. The number of hydrogen-bond acceptors (Lipinski definition) is 5. The van der Waals surface area contributed by atoms with Gasteiger partial charge in [0.05, 0.1) is 21.8 Å². The lowest BCUT2D eigenvalue weighted by Gasteiger charge is -2.24. The summed E-state index contributed by atoms with van der Waals surface area (Å²) in [5.41, 5.74) is 0.809. The average molecular weight is 463 g/mol. The number of imide groups is 1. The van der Waals surface area contributed by atoms with E-state index in [9.17, 15) is 19.2 Å². The van der Waals surface area contributed by atoms with Gasteiger partial charge in [0.25, 0.3) is 17.7 Å². The number of carbonyl (C=O) groups excluding carboxylic acids is 4. The van der Waals surface area contributed by atoms with E-state index in [0.717, 1.165) is 11.3 Å². The number of ether oxygens (including phenoxy) is 1. The summed E-state index contributed by atoms with van der Waals surface area (Å²) in [6, 6.07) is 9.82. The van der Waals surface area contributed by atoms with Crippen molar-refractivity contribution in [1.82, 2.24) is 4.90 Å². The molecular formula is C22H20Cl2N2O5. The van der Waals surface area contributed by atoms with Crippen LogP contribution in [0, 0.1) is 0 Å². The van der Waals surface area contributed by atoms with E-state index in [1.807, 2.05) is 6.92 Å². The van der Waals surface area contributed by atoms with Crippen molar-refractivity contribution in [1.29, 1.82) is 0 Å². The quantitative estimate of drug-likeness (QED) is 0.465. The number of fused-ring (bicyclic) bond motifs is 1. The van der Waals surface area contributed by atoms with Crippen LogP contribution in [0.5, 0.6) is 0 Å². The van der Waals surface area contributed by atoms with Gasteiger partial charge in [-0.05, 0) is 36.8 Å². The van der Waals surface area contributed by atoms with Crippen LogP contribution in [-0.4, -0.2) is 41.2 Å². The Hall–Kier alpha value is -2.90. The van der Waals surface area contributed by atoms with Gasteiger partial charge in [-0.25, -0.2) is 4.79 Å². The zero-order valence-corrected chi connectivity index (χ0v) is 18.2. The number of hydrogen-bond donors (Lipinski definition) is 1. The molecule has 7 nitrogen and oxygen atoms in total. The monoisotopic (exact) mass is 462 g/mol. The molecule has 1 heterocycles. The zero-order valence-electron chi connectivity index (χ0n) is 16.7. The molecule has 2 aromatic carbocycles. The van der Waals surface area contributed by atoms with E-state index in [2.05, 4.69) is 5.32 Å². The standard InChI is InChI=1S/C22H20Cl2N2O5/c1-2-3-8-18(26-20(28)14-6-4-5-7-15(14)21(26)29)22(30)31-12-19(27)25-17-10-9-13(23)11-16(17)24/h4-7,9-11,18H,2-3,8,12H2,1H3,(H,25,27)/t18-/m1/s1. The summed E-state index contributed by atoms with van der Waals surface area (Å²) in [5, 5.41) is 3.17. The van der Waals surface area contributed by atoms with Gasteiger partial charge in [-0.3, -0.25) is 19.3 Å². The minimum Gasteiger partial charge on any atom is -0.454 e. The molecule has 1 atom stereocenters. The van der Waals surface area contributed by atoms with E-state index < -0.39 is 36.3 Å². The van der Waals surface area contributed by atoms with Crippen LogP contribution >= 0.6 is 23.2 Å². The largest absolute Gasteiger partial charge is 0.454 e.